The van der Waals surface area contributed by atoms with Crippen molar-refractivity contribution in [3.63, 3.8) is 0 Å². The van der Waals surface area contributed by atoms with E-state index in [1.807, 2.05) is 6.07 Å². The third-order valence-corrected chi connectivity index (χ3v) is 4.75. The number of carbonyl (C=O) groups is 2. The summed E-state index contributed by atoms with van der Waals surface area (Å²) < 4.78 is 6.96. The Bertz CT molecular complexity index is 1120. The lowest BCUT2D eigenvalue weighted by molar-refractivity contribution is -0.123. The molecule has 28 heavy (non-hydrogen) atoms. The number of esters is 1. The standard InChI is InChI=1S/C21H19N3O4/c1-13(19(25)22-15-6-3-2-4-7-15)28-21(27)14-9-10-16-17(12-14)23-18-8-5-11-24(18)20(16)26/h2-4,6-7,9-10,12-13H,5,8,11H2,1H3,(H,22,25)/t13-/m0/s1. The monoisotopic (exact) mass is 377 g/mol. The molecule has 1 aliphatic rings. The minimum absolute atomic E-state index is 0.0898. The second-order valence-corrected chi connectivity index (χ2v) is 6.72. The number of hydrogen-bond donors (Lipinski definition) is 1. The minimum atomic E-state index is -0.970. The van der Waals surface area contributed by atoms with Crippen molar-refractivity contribution in [3.05, 3.63) is 70.3 Å². The highest BCUT2D eigenvalue weighted by Crippen LogP contribution is 2.17. The van der Waals surface area contributed by atoms with E-state index in [-0.39, 0.29) is 11.1 Å². The summed E-state index contributed by atoms with van der Waals surface area (Å²) in [7, 11) is 0. The molecule has 2 aromatic carbocycles. The van der Waals surface area contributed by atoms with Crippen LogP contribution in [0.25, 0.3) is 10.9 Å². The first-order chi connectivity index (χ1) is 13.5. The first-order valence-corrected chi connectivity index (χ1v) is 9.13. The van der Waals surface area contributed by atoms with Gasteiger partial charge in [0.25, 0.3) is 11.5 Å². The number of carbonyl (C=O) groups excluding carboxylic acids is 2. The van der Waals surface area contributed by atoms with Crippen LogP contribution < -0.4 is 10.9 Å². The molecule has 0 bridgehead atoms. The van der Waals surface area contributed by atoms with Crippen LogP contribution in [0.4, 0.5) is 5.69 Å². The van der Waals surface area contributed by atoms with Crippen LogP contribution in [-0.2, 0) is 22.5 Å². The quantitative estimate of drug-likeness (QED) is 0.706. The summed E-state index contributed by atoms with van der Waals surface area (Å²) in [5, 5.41) is 3.16. The smallest absolute Gasteiger partial charge is 0.338 e. The van der Waals surface area contributed by atoms with Crippen molar-refractivity contribution in [2.75, 3.05) is 5.32 Å². The summed E-state index contributed by atoms with van der Waals surface area (Å²) in [5.41, 5.74) is 1.25. The SMILES string of the molecule is C[C@H](OC(=O)c1ccc2c(=O)n3c(nc2c1)CCC3)C(=O)Nc1ccccc1. The molecule has 142 valence electrons. The molecule has 0 saturated heterocycles. The second-order valence-electron chi connectivity index (χ2n) is 6.72. The third-order valence-electron chi connectivity index (χ3n) is 4.75. The van der Waals surface area contributed by atoms with Gasteiger partial charge in [0.15, 0.2) is 6.10 Å². The molecule has 7 nitrogen and oxygen atoms in total. The fourth-order valence-corrected chi connectivity index (χ4v) is 3.26. The molecule has 0 saturated carbocycles. The highest BCUT2D eigenvalue weighted by Gasteiger charge is 2.21. The van der Waals surface area contributed by atoms with Gasteiger partial charge in [-0.15, -0.1) is 0 Å². The average molecular weight is 377 g/mol. The number of nitrogens with one attached hydrogen (secondary N) is 1. The molecule has 0 unspecified atom stereocenters. The van der Waals surface area contributed by atoms with Crippen LogP contribution >= 0.6 is 0 Å². The van der Waals surface area contributed by atoms with Gasteiger partial charge in [0.1, 0.15) is 5.82 Å². The van der Waals surface area contributed by atoms with E-state index < -0.39 is 18.0 Å². The van der Waals surface area contributed by atoms with E-state index in [4.69, 9.17) is 4.74 Å². The zero-order valence-electron chi connectivity index (χ0n) is 15.3. The Labute approximate surface area is 161 Å². The predicted molar refractivity (Wildman–Crippen MR) is 104 cm³/mol. The predicted octanol–water partition coefficient (Wildman–Crippen LogP) is 2.53. The van der Waals surface area contributed by atoms with Crippen LogP contribution in [0.1, 0.15) is 29.5 Å². The first kappa shape index (κ1) is 17.9. The molecule has 1 aliphatic heterocycles. The highest BCUT2D eigenvalue weighted by atomic mass is 16.5. The summed E-state index contributed by atoms with van der Waals surface area (Å²) in [6.45, 7) is 2.18. The van der Waals surface area contributed by atoms with Crippen molar-refractivity contribution in [1.29, 1.82) is 0 Å². The Hall–Kier alpha value is -3.48. The number of benzene rings is 2. The van der Waals surface area contributed by atoms with E-state index in [1.165, 1.54) is 13.0 Å². The molecule has 0 fully saturated rings. The summed E-state index contributed by atoms with van der Waals surface area (Å²) in [6, 6.07) is 13.6. The minimum Gasteiger partial charge on any atom is -0.449 e. The molecule has 0 spiro atoms. The average Bonchev–Trinajstić information content (AvgIpc) is 3.17. The Morgan fingerprint density at radius 2 is 1.96 bits per heavy atom. The summed E-state index contributed by atoms with van der Waals surface area (Å²) in [6.07, 6.45) is 0.667. The Morgan fingerprint density at radius 1 is 1.18 bits per heavy atom. The summed E-state index contributed by atoms with van der Waals surface area (Å²) >= 11 is 0. The zero-order chi connectivity index (χ0) is 19.7. The molecule has 1 aromatic heterocycles. The largest absolute Gasteiger partial charge is 0.449 e. The maximum absolute atomic E-state index is 12.5. The normalized spacial score (nSPS) is 13.8. The lowest BCUT2D eigenvalue weighted by Crippen LogP contribution is -2.30. The van der Waals surface area contributed by atoms with Gasteiger partial charge in [-0.1, -0.05) is 18.2 Å². The van der Waals surface area contributed by atoms with Crippen LogP contribution in [-0.4, -0.2) is 27.5 Å². The van der Waals surface area contributed by atoms with Gasteiger partial charge in [-0.3, -0.25) is 14.2 Å². The van der Waals surface area contributed by atoms with E-state index in [9.17, 15) is 14.4 Å². The van der Waals surface area contributed by atoms with Crippen LogP contribution in [0, 0.1) is 0 Å². The zero-order valence-corrected chi connectivity index (χ0v) is 15.3. The van der Waals surface area contributed by atoms with Gasteiger partial charge in [0.05, 0.1) is 16.5 Å². The first-order valence-electron chi connectivity index (χ1n) is 9.13. The molecular formula is C21H19N3O4. The molecule has 2 heterocycles. The lowest BCUT2D eigenvalue weighted by Gasteiger charge is -2.14. The maximum Gasteiger partial charge on any atom is 0.338 e. The highest BCUT2D eigenvalue weighted by molar-refractivity contribution is 5.98. The number of aryl methyl sites for hydroxylation is 1. The molecule has 1 atom stereocenters. The van der Waals surface area contributed by atoms with Gasteiger partial charge in [-0.2, -0.15) is 0 Å². The Balaban J connectivity index is 1.51. The third kappa shape index (κ3) is 3.38. The van der Waals surface area contributed by atoms with E-state index in [1.54, 1.807) is 41.0 Å². The van der Waals surface area contributed by atoms with Crippen LogP contribution in [0.5, 0.6) is 0 Å². The number of fused-ring (bicyclic) bond motifs is 2. The topological polar surface area (TPSA) is 90.3 Å². The number of para-hydroxylation sites is 1. The number of ether oxygens (including phenoxy) is 1. The molecular weight excluding hydrogens is 358 g/mol. The molecule has 3 aromatic rings. The van der Waals surface area contributed by atoms with Crippen molar-refractivity contribution < 1.29 is 14.3 Å². The molecule has 1 amide bonds. The van der Waals surface area contributed by atoms with Crippen LogP contribution in [0.2, 0.25) is 0 Å². The molecule has 4 rings (SSSR count). The van der Waals surface area contributed by atoms with E-state index >= 15 is 0 Å². The Morgan fingerprint density at radius 3 is 2.75 bits per heavy atom. The summed E-state index contributed by atoms with van der Waals surface area (Å²) in [4.78, 5) is 41.7. The molecule has 0 radical (unpaired) electrons. The van der Waals surface area contributed by atoms with Crippen LogP contribution in [0.15, 0.2) is 53.3 Å². The number of anilines is 1. The van der Waals surface area contributed by atoms with Crippen molar-refractivity contribution in [1.82, 2.24) is 9.55 Å². The van der Waals surface area contributed by atoms with Gasteiger partial charge in [0.2, 0.25) is 0 Å². The van der Waals surface area contributed by atoms with Crippen molar-refractivity contribution in [2.24, 2.45) is 0 Å². The van der Waals surface area contributed by atoms with Gasteiger partial charge >= 0.3 is 5.97 Å². The van der Waals surface area contributed by atoms with E-state index in [0.29, 0.717) is 23.1 Å². The van der Waals surface area contributed by atoms with E-state index in [2.05, 4.69) is 10.3 Å². The number of hydrogen-bond acceptors (Lipinski definition) is 5. The number of nitrogens with zero attached hydrogens (tertiary/aromatic N) is 2. The molecule has 0 aliphatic carbocycles. The lowest BCUT2D eigenvalue weighted by atomic mass is 10.1. The fourth-order valence-electron chi connectivity index (χ4n) is 3.26. The van der Waals surface area contributed by atoms with Gasteiger partial charge in [-0.05, 0) is 43.7 Å². The number of rotatable bonds is 4. The van der Waals surface area contributed by atoms with Gasteiger partial charge in [-0.25, -0.2) is 9.78 Å². The van der Waals surface area contributed by atoms with Crippen molar-refractivity contribution >= 4 is 28.5 Å². The van der Waals surface area contributed by atoms with Gasteiger partial charge < -0.3 is 10.1 Å². The van der Waals surface area contributed by atoms with Gasteiger partial charge in [0, 0.05) is 18.7 Å². The van der Waals surface area contributed by atoms with Crippen molar-refractivity contribution in [3.8, 4) is 0 Å². The van der Waals surface area contributed by atoms with Crippen molar-refractivity contribution in [2.45, 2.75) is 32.4 Å². The molecule has 1 N–H and O–H groups in total. The number of amides is 1. The summed E-state index contributed by atoms with van der Waals surface area (Å²) in [5.74, 6) is -0.326. The number of aromatic nitrogens is 2. The maximum atomic E-state index is 12.5. The second kappa shape index (κ2) is 7.26. The molecule has 7 heteroatoms. The van der Waals surface area contributed by atoms with Crippen LogP contribution in [0.3, 0.4) is 0 Å². The Kier molecular flexibility index (Phi) is 4.65. The van der Waals surface area contributed by atoms with E-state index in [0.717, 1.165) is 18.7 Å². The fraction of sp³-hybridized carbons (Fsp3) is 0.238.